The smallest absolute Gasteiger partial charge is 0.422 e. The largest absolute Gasteiger partial charge is 0.483 e. The molecule has 0 radical (unpaired) electrons. The van der Waals surface area contributed by atoms with Gasteiger partial charge in [-0.2, -0.15) is 13.2 Å². The Morgan fingerprint density at radius 2 is 2.10 bits per heavy atom. The first-order valence-corrected chi connectivity index (χ1v) is 7.12. The van der Waals surface area contributed by atoms with E-state index in [0.29, 0.717) is 22.6 Å². The summed E-state index contributed by atoms with van der Waals surface area (Å²) in [4.78, 5) is 13.8. The third-order valence-corrected chi connectivity index (χ3v) is 3.59. The summed E-state index contributed by atoms with van der Waals surface area (Å²) in [6.45, 7) is 1.87. The molecule has 1 amide bonds. The molecule has 0 bridgehead atoms. The van der Waals surface area contributed by atoms with Crippen molar-refractivity contribution in [3.8, 4) is 5.75 Å². The maximum atomic E-state index is 12.2. The van der Waals surface area contributed by atoms with Crippen LogP contribution in [-0.2, 0) is 0 Å². The van der Waals surface area contributed by atoms with Crippen molar-refractivity contribution < 1.29 is 22.7 Å². The highest BCUT2D eigenvalue weighted by Crippen LogP contribution is 2.27. The molecule has 0 aliphatic carbocycles. The van der Waals surface area contributed by atoms with Gasteiger partial charge in [0.25, 0.3) is 5.91 Å². The second-order valence-electron chi connectivity index (χ2n) is 4.86. The minimum atomic E-state index is -4.42. The first-order valence-electron chi connectivity index (χ1n) is 6.04. The van der Waals surface area contributed by atoms with Gasteiger partial charge >= 0.3 is 6.18 Å². The van der Waals surface area contributed by atoms with Crippen LogP contribution in [0.2, 0.25) is 0 Å². The third-order valence-electron chi connectivity index (χ3n) is 2.92. The highest BCUT2D eigenvalue weighted by molar-refractivity contribution is 14.1. The quantitative estimate of drug-likeness (QED) is 0.731. The molecule has 2 rings (SSSR count). The Morgan fingerprint density at radius 1 is 1.45 bits per heavy atom. The van der Waals surface area contributed by atoms with E-state index in [9.17, 15) is 18.0 Å². The fourth-order valence-electron chi connectivity index (χ4n) is 1.99. The van der Waals surface area contributed by atoms with E-state index in [4.69, 9.17) is 4.74 Å². The molecule has 110 valence electrons. The number of hydrogen-bond donors (Lipinski definition) is 0. The summed E-state index contributed by atoms with van der Waals surface area (Å²) in [6.07, 6.45) is -4.42. The van der Waals surface area contributed by atoms with Gasteiger partial charge in [0.1, 0.15) is 5.75 Å². The Balaban J connectivity index is 2.17. The van der Waals surface area contributed by atoms with Crippen LogP contribution < -0.4 is 4.74 Å². The van der Waals surface area contributed by atoms with Gasteiger partial charge in [0.15, 0.2) is 6.61 Å². The molecule has 0 saturated carbocycles. The van der Waals surface area contributed by atoms with Gasteiger partial charge in [-0.05, 0) is 46.7 Å². The van der Waals surface area contributed by atoms with Crippen LogP contribution in [0.4, 0.5) is 13.2 Å². The number of rotatable bonds is 3. The lowest BCUT2D eigenvalue weighted by Crippen LogP contribution is -2.48. The van der Waals surface area contributed by atoms with Crippen LogP contribution in [0.3, 0.4) is 0 Å². The van der Waals surface area contributed by atoms with Gasteiger partial charge in [-0.1, -0.05) is 6.92 Å². The van der Waals surface area contributed by atoms with Crippen molar-refractivity contribution in [3.05, 3.63) is 27.3 Å². The SMILES string of the molecule is CC1CN(C(=O)c2ccc(I)cc2OCC(F)(F)F)C1. The van der Waals surface area contributed by atoms with Gasteiger partial charge in [0.05, 0.1) is 5.56 Å². The number of hydrogen-bond acceptors (Lipinski definition) is 2. The molecule has 0 N–H and O–H groups in total. The molecule has 1 heterocycles. The Labute approximate surface area is 128 Å². The molecule has 0 atom stereocenters. The number of ether oxygens (including phenoxy) is 1. The van der Waals surface area contributed by atoms with E-state index >= 15 is 0 Å². The predicted octanol–water partition coefficient (Wildman–Crippen LogP) is 3.32. The van der Waals surface area contributed by atoms with Crippen molar-refractivity contribution in [2.45, 2.75) is 13.1 Å². The molecule has 20 heavy (non-hydrogen) atoms. The van der Waals surface area contributed by atoms with E-state index in [-0.39, 0.29) is 17.2 Å². The van der Waals surface area contributed by atoms with Crippen LogP contribution in [0.15, 0.2) is 18.2 Å². The van der Waals surface area contributed by atoms with Gasteiger partial charge in [0, 0.05) is 16.7 Å². The summed E-state index contributed by atoms with van der Waals surface area (Å²) in [5.74, 6) is 0.137. The molecular formula is C13H13F3INO2. The van der Waals surface area contributed by atoms with Crippen LogP contribution in [0.5, 0.6) is 5.75 Å². The molecule has 0 aromatic heterocycles. The zero-order valence-corrected chi connectivity index (χ0v) is 12.9. The van der Waals surface area contributed by atoms with E-state index in [2.05, 4.69) is 0 Å². The molecule has 0 unspecified atom stereocenters. The van der Waals surface area contributed by atoms with Gasteiger partial charge in [0.2, 0.25) is 0 Å². The average molecular weight is 399 g/mol. The maximum absolute atomic E-state index is 12.2. The summed E-state index contributed by atoms with van der Waals surface area (Å²) in [5.41, 5.74) is 0.182. The van der Waals surface area contributed by atoms with Crippen molar-refractivity contribution in [3.63, 3.8) is 0 Å². The number of carbonyl (C=O) groups is 1. The van der Waals surface area contributed by atoms with E-state index in [1.165, 1.54) is 12.1 Å². The molecule has 7 heteroatoms. The first kappa shape index (κ1) is 15.4. The Bertz CT molecular complexity index is 513. The lowest BCUT2D eigenvalue weighted by Gasteiger charge is -2.37. The van der Waals surface area contributed by atoms with Crippen molar-refractivity contribution >= 4 is 28.5 Å². The van der Waals surface area contributed by atoms with E-state index in [1.807, 2.05) is 29.5 Å². The molecule has 3 nitrogen and oxygen atoms in total. The van der Waals surface area contributed by atoms with Crippen molar-refractivity contribution in [2.75, 3.05) is 19.7 Å². The van der Waals surface area contributed by atoms with Gasteiger partial charge < -0.3 is 9.64 Å². The predicted molar refractivity (Wildman–Crippen MR) is 75.8 cm³/mol. The number of alkyl halides is 3. The van der Waals surface area contributed by atoms with E-state index in [1.54, 1.807) is 11.0 Å². The zero-order valence-electron chi connectivity index (χ0n) is 10.7. The summed E-state index contributed by atoms with van der Waals surface area (Å²) < 4.78 is 42.2. The number of likely N-dealkylation sites (tertiary alicyclic amines) is 1. The second kappa shape index (κ2) is 5.79. The van der Waals surface area contributed by atoms with E-state index < -0.39 is 12.8 Å². The Hall–Kier alpha value is -0.990. The lowest BCUT2D eigenvalue weighted by molar-refractivity contribution is -0.153. The molecule has 1 saturated heterocycles. The van der Waals surface area contributed by atoms with Gasteiger partial charge in [-0.3, -0.25) is 4.79 Å². The molecule has 0 spiro atoms. The number of carbonyl (C=O) groups excluding carboxylic acids is 1. The monoisotopic (exact) mass is 399 g/mol. The molecule has 1 fully saturated rings. The fraction of sp³-hybridized carbons (Fsp3) is 0.462. The molecular weight excluding hydrogens is 386 g/mol. The topological polar surface area (TPSA) is 29.5 Å². The van der Waals surface area contributed by atoms with Gasteiger partial charge in [-0.15, -0.1) is 0 Å². The van der Waals surface area contributed by atoms with Crippen molar-refractivity contribution in [2.24, 2.45) is 5.92 Å². The minimum absolute atomic E-state index is 0.0150. The molecule has 1 aromatic carbocycles. The van der Waals surface area contributed by atoms with Gasteiger partial charge in [-0.25, -0.2) is 0 Å². The molecule has 1 aliphatic heterocycles. The highest BCUT2D eigenvalue weighted by Gasteiger charge is 2.32. The number of amides is 1. The zero-order chi connectivity index (χ0) is 14.9. The summed E-state index contributed by atoms with van der Waals surface area (Å²) in [7, 11) is 0. The third kappa shape index (κ3) is 3.77. The van der Waals surface area contributed by atoms with Crippen LogP contribution >= 0.6 is 22.6 Å². The van der Waals surface area contributed by atoms with Crippen LogP contribution in [0, 0.1) is 9.49 Å². The van der Waals surface area contributed by atoms with E-state index in [0.717, 1.165) is 0 Å². The van der Waals surface area contributed by atoms with Crippen LogP contribution in [0.1, 0.15) is 17.3 Å². The Kier molecular flexibility index (Phi) is 4.46. The summed E-state index contributed by atoms with van der Waals surface area (Å²) in [6, 6.07) is 4.64. The Morgan fingerprint density at radius 3 is 2.65 bits per heavy atom. The van der Waals surface area contributed by atoms with Crippen molar-refractivity contribution in [1.82, 2.24) is 4.90 Å². The lowest BCUT2D eigenvalue weighted by atomic mass is 10.0. The standard InChI is InChI=1S/C13H13F3INO2/c1-8-5-18(6-8)12(19)10-3-2-9(17)4-11(10)20-7-13(14,15)16/h2-4,8H,5-7H2,1H3. The van der Waals surface area contributed by atoms with Crippen LogP contribution in [-0.4, -0.2) is 36.7 Å². The second-order valence-corrected chi connectivity index (χ2v) is 6.11. The number of benzene rings is 1. The fourth-order valence-corrected chi connectivity index (χ4v) is 2.45. The normalized spacial score (nSPS) is 15.9. The maximum Gasteiger partial charge on any atom is 0.422 e. The molecule has 1 aromatic rings. The highest BCUT2D eigenvalue weighted by atomic mass is 127. The average Bonchev–Trinajstić information content (AvgIpc) is 2.31. The number of nitrogens with zero attached hydrogens (tertiary/aromatic N) is 1. The molecule has 1 aliphatic rings. The van der Waals surface area contributed by atoms with Crippen molar-refractivity contribution in [1.29, 1.82) is 0 Å². The first-order chi connectivity index (χ1) is 9.26. The summed E-state index contributed by atoms with van der Waals surface area (Å²) in [5, 5.41) is 0. The summed E-state index contributed by atoms with van der Waals surface area (Å²) >= 11 is 1.96. The van der Waals surface area contributed by atoms with Crippen LogP contribution in [0.25, 0.3) is 0 Å². The number of halogens is 4. The minimum Gasteiger partial charge on any atom is -0.483 e.